The van der Waals surface area contributed by atoms with E-state index in [0.717, 1.165) is 75.2 Å². The third-order valence-electron chi connectivity index (χ3n) is 7.76. The molecule has 3 aliphatic rings. The number of fused-ring (bicyclic) bond motifs is 3. The van der Waals surface area contributed by atoms with Gasteiger partial charge in [0.15, 0.2) is 0 Å². The van der Waals surface area contributed by atoms with Crippen molar-refractivity contribution in [3.8, 4) is 17.2 Å². The highest BCUT2D eigenvalue weighted by atomic mass is 16.2. The van der Waals surface area contributed by atoms with Crippen LogP contribution >= 0.6 is 0 Å². The first kappa shape index (κ1) is 21.5. The Morgan fingerprint density at radius 1 is 1.06 bits per heavy atom. The van der Waals surface area contributed by atoms with Crippen LogP contribution in [0.15, 0.2) is 36.7 Å². The van der Waals surface area contributed by atoms with Crippen LogP contribution in [-0.2, 0) is 12.8 Å². The minimum Gasteiger partial charge on any atom is -0.337 e. The Morgan fingerprint density at radius 3 is 2.65 bits per heavy atom. The number of nitrogens with zero attached hydrogens (tertiary/aromatic N) is 6. The quantitative estimate of drug-likeness (QED) is 0.563. The minimum atomic E-state index is 0.103. The second kappa shape index (κ2) is 8.62. The molecule has 7 nitrogen and oxygen atoms in total. The molecule has 1 saturated heterocycles. The van der Waals surface area contributed by atoms with E-state index < -0.39 is 0 Å². The van der Waals surface area contributed by atoms with E-state index in [1.54, 1.807) is 6.20 Å². The van der Waals surface area contributed by atoms with Gasteiger partial charge in [-0.05, 0) is 56.3 Å². The van der Waals surface area contributed by atoms with Gasteiger partial charge in [-0.2, -0.15) is 5.10 Å². The Balaban J connectivity index is 1.33. The maximum Gasteiger partial charge on any atom is 0.257 e. The zero-order valence-electron chi connectivity index (χ0n) is 20.1. The van der Waals surface area contributed by atoms with Gasteiger partial charge in [0.25, 0.3) is 11.9 Å². The van der Waals surface area contributed by atoms with Gasteiger partial charge in [0, 0.05) is 36.8 Å². The number of likely N-dealkylation sites (tertiary alicyclic amines) is 1. The number of likely N-dealkylation sites (N-methyl/N-ethyl adjacent to an activating group) is 1. The van der Waals surface area contributed by atoms with Crippen LogP contribution in [0.1, 0.15) is 66.2 Å². The predicted octanol–water partition coefficient (Wildman–Crippen LogP) is 3.86. The standard InChI is InChI=1S/C27H32N6O/c1-3-31(4-2)21-13-14-32(17-21)26(34)23-16-29-33(25(23)19-10-11-19)27-28-15-20-12-9-18-7-5-6-8-22(18)24(20)30-27/h5-8,15-16,19,21H,3-4,9-14,17H2,1-2H3. The van der Waals surface area contributed by atoms with Crippen molar-refractivity contribution in [3.63, 3.8) is 0 Å². The van der Waals surface area contributed by atoms with Gasteiger partial charge >= 0.3 is 0 Å². The largest absolute Gasteiger partial charge is 0.337 e. The van der Waals surface area contributed by atoms with Crippen LogP contribution in [0.2, 0.25) is 0 Å². The molecule has 2 aliphatic carbocycles. The van der Waals surface area contributed by atoms with Crippen LogP contribution in [0.5, 0.6) is 0 Å². The van der Waals surface area contributed by atoms with E-state index in [4.69, 9.17) is 9.97 Å². The lowest BCUT2D eigenvalue weighted by Crippen LogP contribution is -2.38. The van der Waals surface area contributed by atoms with E-state index in [1.807, 2.05) is 15.8 Å². The molecule has 0 bridgehead atoms. The van der Waals surface area contributed by atoms with Crippen molar-refractivity contribution in [1.82, 2.24) is 29.5 Å². The fourth-order valence-corrected chi connectivity index (χ4v) is 5.72. The third-order valence-corrected chi connectivity index (χ3v) is 7.76. The zero-order valence-corrected chi connectivity index (χ0v) is 20.1. The molecule has 3 aromatic rings. The van der Waals surface area contributed by atoms with Gasteiger partial charge in [-0.15, -0.1) is 0 Å². The molecule has 1 amide bonds. The summed E-state index contributed by atoms with van der Waals surface area (Å²) in [5.41, 5.74) is 6.40. The lowest BCUT2D eigenvalue weighted by Gasteiger charge is -2.26. The smallest absolute Gasteiger partial charge is 0.257 e. The molecule has 7 heteroatoms. The van der Waals surface area contributed by atoms with E-state index in [2.05, 4.69) is 48.1 Å². The Kier molecular flexibility index (Phi) is 5.44. The molecule has 2 aromatic heterocycles. The van der Waals surface area contributed by atoms with Gasteiger partial charge in [-0.25, -0.2) is 14.6 Å². The molecule has 1 aliphatic heterocycles. The average Bonchev–Trinajstić information content (AvgIpc) is 3.43. The minimum absolute atomic E-state index is 0.103. The van der Waals surface area contributed by atoms with Crippen LogP contribution in [0.3, 0.4) is 0 Å². The van der Waals surface area contributed by atoms with Crippen molar-refractivity contribution in [2.45, 2.75) is 57.9 Å². The molecule has 176 valence electrons. The van der Waals surface area contributed by atoms with Gasteiger partial charge in [0.05, 0.1) is 23.1 Å². The average molecular weight is 457 g/mol. The van der Waals surface area contributed by atoms with Crippen molar-refractivity contribution in [2.24, 2.45) is 0 Å². The van der Waals surface area contributed by atoms with Gasteiger partial charge in [-0.1, -0.05) is 38.1 Å². The monoisotopic (exact) mass is 456 g/mol. The SMILES string of the molecule is CCN(CC)C1CCN(C(=O)c2cnn(-c3ncc4c(n3)-c3ccccc3CC4)c2C2CC2)C1. The lowest BCUT2D eigenvalue weighted by molar-refractivity contribution is 0.0776. The number of benzene rings is 1. The fourth-order valence-electron chi connectivity index (χ4n) is 5.72. The Labute approximate surface area is 200 Å². The molecule has 0 spiro atoms. The number of hydrogen-bond acceptors (Lipinski definition) is 5. The highest BCUT2D eigenvalue weighted by Gasteiger charge is 2.37. The molecule has 0 N–H and O–H groups in total. The molecule has 1 atom stereocenters. The van der Waals surface area contributed by atoms with Crippen molar-refractivity contribution < 1.29 is 4.79 Å². The normalized spacial score (nSPS) is 19.4. The number of hydrogen-bond donors (Lipinski definition) is 0. The number of carbonyl (C=O) groups excluding carboxylic acids is 1. The maximum absolute atomic E-state index is 13.6. The molecular formula is C27H32N6O. The third kappa shape index (κ3) is 3.63. The highest BCUT2D eigenvalue weighted by Crippen LogP contribution is 2.43. The first-order valence-electron chi connectivity index (χ1n) is 12.7. The molecule has 1 saturated carbocycles. The number of rotatable bonds is 6. The summed E-state index contributed by atoms with van der Waals surface area (Å²) in [5, 5.41) is 4.67. The Bertz CT molecular complexity index is 1230. The molecule has 3 heterocycles. The molecule has 6 rings (SSSR count). The van der Waals surface area contributed by atoms with Crippen molar-refractivity contribution >= 4 is 5.91 Å². The molecule has 2 fully saturated rings. The zero-order chi connectivity index (χ0) is 23.2. The Morgan fingerprint density at radius 2 is 1.85 bits per heavy atom. The molecule has 0 radical (unpaired) electrons. The van der Waals surface area contributed by atoms with Crippen molar-refractivity contribution in [1.29, 1.82) is 0 Å². The number of aromatic nitrogens is 4. The summed E-state index contributed by atoms with van der Waals surface area (Å²) < 4.78 is 1.83. The second-order valence-electron chi connectivity index (χ2n) is 9.75. The first-order valence-corrected chi connectivity index (χ1v) is 12.7. The molecular weight excluding hydrogens is 424 g/mol. The van der Waals surface area contributed by atoms with Crippen molar-refractivity contribution in [3.05, 3.63) is 59.0 Å². The topological polar surface area (TPSA) is 67.2 Å². The summed E-state index contributed by atoms with van der Waals surface area (Å²) in [6.45, 7) is 8.03. The highest BCUT2D eigenvalue weighted by molar-refractivity contribution is 5.95. The van der Waals surface area contributed by atoms with Gasteiger partial charge in [0.2, 0.25) is 0 Å². The second-order valence-corrected chi connectivity index (χ2v) is 9.75. The van der Waals surface area contributed by atoms with Gasteiger partial charge < -0.3 is 4.90 Å². The summed E-state index contributed by atoms with van der Waals surface area (Å²) >= 11 is 0. The summed E-state index contributed by atoms with van der Waals surface area (Å²) in [6.07, 6.45) is 8.87. The predicted molar refractivity (Wildman–Crippen MR) is 131 cm³/mol. The van der Waals surface area contributed by atoms with E-state index in [0.29, 0.717) is 17.9 Å². The van der Waals surface area contributed by atoms with Crippen LogP contribution in [0, 0.1) is 0 Å². The number of carbonyl (C=O) groups is 1. The number of amides is 1. The maximum atomic E-state index is 13.6. The van der Waals surface area contributed by atoms with Gasteiger partial charge in [-0.3, -0.25) is 9.69 Å². The molecule has 1 unspecified atom stereocenters. The van der Waals surface area contributed by atoms with Crippen LogP contribution < -0.4 is 0 Å². The summed E-state index contributed by atoms with van der Waals surface area (Å²) in [7, 11) is 0. The number of aryl methyl sites for hydroxylation is 2. The van der Waals surface area contributed by atoms with E-state index in [-0.39, 0.29) is 5.91 Å². The lowest BCUT2D eigenvalue weighted by atomic mass is 9.90. The Hall–Kier alpha value is -3.06. The molecule has 34 heavy (non-hydrogen) atoms. The van der Waals surface area contributed by atoms with Gasteiger partial charge in [0.1, 0.15) is 0 Å². The van der Waals surface area contributed by atoms with Crippen LogP contribution in [0.4, 0.5) is 0 Å². The summed E-state index contributed by atoms with van der Waals surface area (Å²) in [6, 6.07) is 8.93. The first-order chi connectivity index (χ1) is 16.7. The van der Waals surface area contributed by atoms with Crippen molar-refractivity contribution in [2.75, 3.05) is 26.2 Å². The van der Waals surface area contributed by atoms with E-state index in [1.165, 1.54) is 16.7 Å². The van der Waals surface area contributed by atoms with E-state index >= 15 is 0 Å². The fraction of sp³-hybridized carbons (Fsp3) is 0.481. The summed E-state index contributed by atoms with van der Waals surface area (Å²) in [5.74, 6) is 1.03. The van der Waals surface area contributed by atoms with Crippen LogP contribution in [0.25, 0.3) is 17.2 Å². The van der Waals surface area contributed by atoms with Crippen LogP contribution in [-0.4, -0.2) is 67.7 Å². The van der Waals surface area contributed by atoms with E-state index in [9.17, 15) is 4.79 Å². The molecule has 1 aromatic carbocycles. The summed E-state index contributed by atoms with van der Waals surface area (Å²) in [4.78, 5) is 27.7.